The molecule has 0 saturated heterocycles. The number of aromatic nitrogens is 3. The molecule has 1 aliphatic carbocycles. The van der Waals surface area contributed by atoms with Gasteiger partial charge in [0.05, 0.1) is 0 Å². The minimum Gasteiger partial charge on any atom is -0.299 e. The highest BCUT2D eigenvalue weighted by Crippen LogP contribution is 2.47. The van der Waals surface area contributed by atoms with E-state index in [1.807, 2.05) is 6.92 Å². The Hall–Kier alpha value is -0.570. The van der Waals surface area contributed by atoms with Crippen molar-refractivity contribution in [3.05, 3.63) is 11.1 Å². The number of hydrogen-bond donors (Lipinski definition) is 0. The van der Waals surface area contributed by atoms with Crippen molar-refractivity contribution in [2.75, 3.05) is 0 Å². The number of aryl methyl sites for hydroxylation is 1. The van der Waals surface area contributed by atoms with Crippen LogP contribution in [0.2, 0.25) is 5.28 Å². The largest absolute Gasteiger partial charge is 0.299 e. The van der Waals surface area contributed by atoms with E-state index in [4.69, 9.17) is 11.6 Å². The molecule has 0 bridgehead atoms. The lowest BCUT2D eigenvalue weighted by molar-refractivity contribution is 0.597. The van der Waals surface area contributed by atoms with Crippen molar-refractivity contribution in [2.24, 2.45) is 5.92 Å². The predicted molar refractivity (Wildman–Crippen MR) is 51.8 cm³/mol. The summed E-state index contributed by atoms with van der Waals surface area (Å²) < 4.78 is 2.06. The molecule has 1 saturated carbocycles. The average Bonchev–Trinajstić information content (AvgIpc) is 2.74. The molecule has 0 radical (unpaired) electrons. The molecular formula is C9H14ClN3. The van der Waals surface area contributed by atoms with Gasteiger partial charge in [-0.1, -0.05) is 13.3 Å². The summed E-state index contributed by atoms with van der Waals surface area (Å²) in [6.07, 6.45) is 3.78. The fraction of sp³-hybridized carbons (Fsp3) is 0.778. The van der Waals surface area contributed by atoms with Gasteiger partial charge in [0, 0.05) is 6.04 Å². The predicted octanol–water partition coefficient (Wildman–Crippen LogP) is 2.60. The van der Waals surface area contributed by atoms with Gasteiger partial charge >= 0.3 is 0 Å². The van der Waals surface area contributed by atoms with Crippen molar-refractivity contribution in [3.63, 3.8) is 0 Å². The number of halogens is 1. The summed E-state index contributed by atoms with van der Waals surface area (Å²) >= 11 is 5.93. The van der Waals surface area contributed by atoms with Crippen LogP contribution >= 0.6 is 11.6 Å². The van der Waals surface area contributed by atoms with E-state index >= 15 is 0 Å². The second kappa shape index (κ2) is 3.29. The summed E-state index contributed by atoms with van der Waals surface area (Å²) in [5, 5.41) is 8.35. The van der Waals surface area contributed by atoms with Crippen molar-refractivity contribution in [1.82, 2.24) is 14.8 Å². The van der Waals surface area contributed by atoms with E-state index in [2.05, 4.69) is 21.7 Å². The lowest BCUT2D eigenvalue weighted by atomic mass is 10.2. The van der Waals surface area contributed by atoms with Gasteiger partial charge in [0.15, 0.2) is 0 Å². The van der Waals surface area contributed by atoms with Crippen LogP contribution in [-0.2, 0) is 0 Å². The fourth-order valence-electron chi connectivity index (χ4n) is 1.95. The molecule has 0 N–H and O–H groups in total. The molecule has 1 heterocycles. The van der Waals surface area contributed by atoms with Crippen molar-refractivity contribution >= 4 is 11.6 Å². The van der Waals surface area contributed by atoms with Gasteiger partial charge in [0.1, 0.15) is 5.82 Å². The molecule has 13 heavy (non-hydrogen) atoms. The molecule has 3 nitrogen and oxygen atoms in total. The van der Waals surface area contributed by atoms with E-state index < -0.39 is 0 Å². The third-order valence-corrected chi connectivity index (χ3v) is 2.96. The average molecular weight is 200 g/mol. The molecule has 0 aromatic carbocycles. The highest BCUT2D eigenvalue weighted by Gasteiger charge is 2.39. The van der Waals surface area contributed by atoms with Crippen LogP contribution in [0.4, 0.5) is 0 Å². The molecule has 2 atom stereocenters. The Morgan fingerprint density at radius 1 is 1.54 bits per heavy atom. The molecule has 0 amide bonds. The molecule has 1 aliphatic rings. The van der Waals surface area contributed by atoms with E-state index in [1.165, 1.54) is 19.3 Å². The second-order valence-corrected chi connectivity index (χ2v) is 4.08. The Balaban J connectivity index is 2.11. The van der Waals surface area contributed by atoms with Crippen molar-refractivity contribution < 1.29 is 0 Å². The highest BCUT2D eigenvalue weighted by atomic mass is 35.5. The fourth-order valence-corrected chi connectivity index (χ4v) is 2.23. The van der Waals surface area contributed by atoms with Gasteiger partial charge in [-0.15, -0.1) is 10.2 Å². The monoisotopic (exact) mass is 199 g/mol. The third kappa shape index (κ3) is 1.57. The summed E-state index contributed by atoms with van der Waals surface area (Å²) in [4.78, 5) is 0. The van der Waals surface area contributed by atoms with Crippen LogP contribution in [0.15, 0.2) is 0 Å². The SMILES string of the molecule is CCCC1CC1n1c(C)nnc1Cl. The Kier molecular flexibility index (Phi) is 2.28. The van der Waals surface area contributed by atoms with E-state index in [0.717, 1.165) is 11.7 Å². The van der Waals surface area contributed by atoms with Crippen molar-refractivity contribution in [3.8, 4) is 0 Å². The zero-order chi connectivity index (χ0) is 9.42. The Morgan fingerprint density at radius 2 is 2.31 bits per heavy atom. The summed E-state index contributed by atoms with van der Waals surface area (Å²) in [6.45, 7) is 4.18. The minimum absolute atomic E-state index is 0.543. The molecule has 1 aromatic heterocycles. The summed E-state index contributed by atoms with van der Waals surface area (Å²) in [6, 6.07) is 0.572. The van der Waals surface area contributed by atoms with Crippen molar-refractivity contribution in [1.29, 1.82) is 0 Å². The lowest BCUT2D eigenvalue weighted by Crippen LogP contribution is -1.99. The summed E-state index contributed by atoms with van der Waals surface area (Å²) in [5.74, 6) is 1.74. The topological polar surface area (TPSA) is 30.7 Å². The van der Waals surface area contributed by atoms with Crippen LogP contribution in [0.5, 0.6) is 0 Å². The van der Waals surface area contributed by atoms with E-state index in [-0.39, 0.29) is 0 Å². The van der Waals surface area contributed by atoms with E-state index in [0.29, 0.717) is 11.3 Å². The van der Waals surface area contributed by atoms with Crippen LogP contribution < -0.4 is 0 Å². The van der Waals surface area contributed by atoms with Gasteiger partial charge in [-0.3, -0.25) is 4.57 Å². The normalized spacial score (nSPS) is 26.4. The Bertz CT molecular complexity index is 288. The van der Waals surface area contributed by atoms with Gasteiger partial charge in [0.25, 0.3) is 0 Å². The molecular weight excluding hydrogens is 186 g/mol. The molecule has 0 spiro atoms. The Labute approximate surface area is 83.1 Å². The zero-order valence-corrected chi connectivity index (χ0v) is 8.75. The first-order valence-corrected chi connectivity index (χ1v) is 5.18. The van der Waals surface area contributed by atoms with Gasteiger partial charge in [0.2, 0.25) is 5.28 Å². The van der Waals surface area contributed by atoms with Crippen LogP contribution in [0.25, 0.3) is 0 Å². The molecule has 1 fully saturated rings. The smallest absolute Gasteiger partial charge is 0.225 e. The number of hydrogen-bond acceptors (Lipinski definition) is 2. The lowest BCUT2D eigenvalue weighted by Gasteiger charge is -2.03. The molecule has 72 valence electrons. The molecule has 2 unspecified atom stereocenters. The van der Waals surface area contributed by atoms with Gasteiger partial charge in [-0.2, -0.15) is 0 Å². The third-order valence-electron chi connectivity index (χ3n) is 2.70. The first-order valence-electron chi connectivity index (χ1n) is 4.81. The van der Waals surface area contributed by atoms with Crippen LogP contribution in [0, 0.1) is 12.8 Å². The zero-order valence-electron chi connectivity index (χ0n) is 8.00. The van der Waals surface area contributed by atoms with Gasteiger partial charge in [-0.05, 0) is 37.3 Å². The maximum Gasteiger partial charge on any atom is 0.225 e. The molecule has 4 heteroatoms. The van der Waals surface area contributed by atoms with Crippen LogP contribution in [0.3, 0.4) is 0 Å². The quantitative estimate of drug-likeness (QED) is 0.749. The molecule has 1 aromatic rings. The molecule has 0 aliphatic heterocycles. The second-order valence-electron chi connectivity index (χ2n) is 3.74. The van der Waals surface area contributed by atoms with Crippen LogP contribution in [0.1, 0.15) is 38.1 Å². The standard InChI is InChI=1S/C9H14ClN3/c1-3-4-7-5-8(7)13-6(2)11-12-9(13)10/h7-8H,3-5H2,1-2H3. The van der Waals surface area contributed by atoms with Crippen molar-refractivity contribution in [2.45, 2.75) is 39.2 Å². The number of rotatable bonds is 3. The van der Waals surface area contributed by atoms with E-state index in [1.54, 1.807) is 0 Å². The van der Waals surface area contributed by atoms with E-state index in [9.17, 15) is 0 Å². The summed E-state index contributed by atoms with van der Waals surface area (Å²) in [5.41, 5.74) is 0. The maximum atomic E-state index is 5.93. The van der Waals surface area contributed by atoms with Gasteiger partial charge < -0.3 is 0 Å². The summed E-state index contributed by atoms with van der Waals surface area (Å²) in [7, 11) is 0. The molecule has 2 rings (SSSR count). The Morgan fingerprint density at radius 3 is 2.85 bits per heavy atom. The highest BCUT2D eigenvalue weighted by molar-refractivity contribution is 6.28. The van der Waals surface area contributed by atoms with Crippen LogP contribution in [-0.4, -0.2) is 14.8 Å². The first-order chi connectivity index (χ1) is 6.24. The minimum atomic E-state index is 0.543. The first kappa shape index (κ1) is 9.00. The van der Waals surface area contributed by atoms with Gasteiger partial charge in [-0.25, -0.2) is 0 Å². The maximum absolute atomic E-state index is 5.93. The number of nitrogens with zero attached hydrogens (tertiary/aromatic N) is 3.